The summed E-state index contributed by atoms with van der Waals surface area (Å²) < 4.78 is 43.4. The molecule has 1 fully saturated rings. The Morgan fingerprint density at radius 3 is 2.09 bits per heavy atom. The van der Waals surface area contributed by atoms with Crippen molar-refractivity contribution in [3.63, 3.8) is 0 Å². The lowest BCUT2D eigenvalue weighted by molar-refractivity contribution is -0.206. The minimum Gasteiger partial charge on any atom is -0.375 e. The number of rotatable bonds is 6. The zero-order chi connectivity index (χ0) is 17.6. The highest BCUT2D eigenvalue weighted by Crippen LogP contribution is 2.57. The Bertz CT molecular complexity index is 382. The lowest BCUT2D eigenvalue weighted by Gasteiger charge is -2.26. The molecule has 2 unspecified atom stereocenters. The predicted molar refractivity (Wildman–Crippen MR) is 76.2 cm³/mol. The van der Waals surface area contributed by atoms with Crippen LogP contribution in [0.3, 0.4) is 0 Å². The van der Waals surface area contributed by atoms with E-state index in [0.29, 0.717) is 0 Å². The summed E-state index contributed by atoms with van der Waals surface area (Å²) in [6.45, 7) is 6.19. The van der Waals surface area contributed by atoms with Crippen molar-refractivity contribution in [3.8, 4) is 0 Å². The quantitative estimate of drug-likeness (QED) is 0.785. The number of hydrogen-bond acceptors (Lipinski definition) is 3. The average Bonchev–Trinajstić information content (AvgIpc) is 3.24. The molecule has 130 valence electrons. The van der Waals surface area contributed by atoms with Gasteiger partial charge in [0.25, 0.3) is 0 Å². The third-order valence-electron chi connectivity index (χ3n) is 3.43. The first-order chi connectivity index (χ1) is 10.1. The second-order valence-electron chi connectivity index (χ2n) is 5.09. The van der Waals surface area contributed by atoms with Gasteiger partial charge in [-0.1, -0.05) is 13.8 Å². The van der Waals surface area contributed by atoms with E-state index in [2.05, 4.69) is 10.6 Å². The molecule has 8 heteroatoms. The predicted octanol–water partition coefficient (Wildman–Crippen LogP) is 2.01. The number of hydrogen-bond donors (Lipinski definition) is 2. The number of amides is 2. The smallest absolute Gasteiger partial charge is 0.375 e. The fourth-order valence-electron chi connectivity index (χ4n) is 1.82. The number of ether oxygens (including phenoxy) is 1. The Hall–Kier alpha value is -1.31. The van der Waals surface area contributed by atoms with Crippen LogP contribution in [0.2, 0.25) is 0 Å². The molecule has 1 saturated carbocycles. The van der Waals surface area contributed by atoms with Gasteiger partial charge < -0.3 is 15.4 Å². The monoisotopic (exact) mass is 326 g/mol. The zero-order valence-electron chi connectivity index (χ0n) is 13.6. The number of nitrogens with one attached hydrogen (secondary N) is 2. The van der Waals surface area contributed by atoms with Crippen LogP contribution in [0.15, 0.2) is 0 Å². The summed E-state index contributed by atoms with van der Waals surface area (Å²) in [6, 6.07) is -1.01. The minimum atomic E-state index is -4.30. The maximum atomic E-state index is 12.8. The molecule has 0 aromatic carbocycles. The molecule has 1 aliphatic carbocycles. The first kappa shape index (κ1) is 20.7. The van der Waals surface area contributed by atoms with Crippen LogP contribution in [0.1, 0.15) is 40.5 Å². The second kappa shape index (κ2) is 8.36. The molecule has 0 spiro atoms. The maximum absolute atomic E-state index is 12.8. The van der Waals surface area contributed by atoms with Gasteiger partial charge in [0.05, 0.1) is 18.1 Å². The fraction of sp³-hybridized carbons (Fsp3) is 0.857. The van der Waals surface area contributed by atoms with Crippen LogP contribution in [0.25, 0.3) is 0 Å². The number of likely N-dealkylation sites (N-methyl/N-ethyl adjacent to an activating group) is 1. The second-order valence-corrected chi connectivity index (χ2v) is 5.09. The Balaban J connectivity index is 0.00000211. The number of carbonyl (C=O) groups is 2. The van der Waals surface area contributed by atoms with Gasteiger partial charge in [-0.25, -0.2) is 0 Å². The molecular weight excluding hydrogens is 301 g/mol. The van der Waals surface area contributed by atoms with Gasteiger partial charge in [-0.3, -0.25) is 9.59 Å². The molecule has 0 aliphatic heterocycles. The lowest BCUT2D eigenvalue weighted by Crippen LogP contribution is -2.52. The number of carbonyl (C=O) groups excluding carboxylic acids is 2. The standard InChI is InChI=1S/C12H19F3N2O3.C2H6/c1-7(9(10(19)16-3)17-8(2)18)20-6-11(4-5-11)12(13,14)15;1-2/h7,9H,4-6H2,1-3H3,(H,16,19)(H,17,18);1-2H3. The molecular formula is C14H25F3N2O3. The van der Waals surface area contributed by atoms with Gasteiger partial charge in [0.1, 0.15) is 6.04 Å². The summed E-state index contributed by atoms with van der Waals surface area (Å²) >= 11 is 0. The zero-order valence-corrected chi connectivity index (χ0v) is 13.6. The summed E-state index contributed by atoms with van der Waals surface area (Å²) in [4.78, 5) is 22.6. The van der Waals surface area contributed by atoms with Gasteiger partial charge in [0.2, 0.25) is 11.8 Å². The Morgan fingerprint density at radius 2 is 1.77 bits per heavy atom. The molecule has 22 heavy (non-hydrogen) atoms. The summed E-state index contributed by atoms with van der Waals surface area (Å²) in [5.41, 5.74) is -1.79. The van der Waals surface area contributed by atoms with E-state index < -0.39 is 42.2 Å². The molecule has 1 rings (SSSR count). The van der Waals surface area contributed by atoms with E-state index >= 15 is 0 Å². The number of halogens is 3. The van der Waals surface area contributed by atoms with E-state index in [0.717, 1.165) is 0 Å². The van der Waals surface area contributed by atoms with Crippen LogP contribution in [0.5, 0.6) is 0 Å². The van der Waals surface area contributed by atoms with Gasteiger partial charge in [-0.2, -0.15) is 13.2 Å². The molecule has 0 radical (unpaired) electrons. The van der Waals surface area contributed by atoms with Crippen LogP contribution in [0, 0.1) is 5.41 Å². The van der Waals surface area contributed by atoms with Gasteiger partial charge in [-0.15, -0.1) is 0 Å². The van der Waals surface area contributed by atoms with Crippen LogP contribution in [-0.4, -0.2) is 43.8 Å². The Labute approximate surface area is 129 Å². The van der Waals surface area contributed by atoms with Crippen molar-refractivity contribution in [2.75, 3.05) is 13.7 Å². The third kappa shape index (κ3) is 5.47. The fourth-order valence-corrected chi connectivity index (χ4v) is 1.82. The van der Waals surface area contributed by atoms with E-state index in [9.17, 15) is 22.8 Å². The topological polar surface area (TPSA) is 67.4 Å². The number of alkyl halides is 3. The van der Waals surface area contributed by atoms with Crippen molar-refractivity contribution in [3.05, 3.63) is 0 Å². The molecule has 5 nitrogen and oxygen atoms in total. The van der Waals surface area contributed by atoms with Crippen molar-refractivity contribution in [2.45, 2.75) is 58.9 Å². The molecule has 0 aromatic rings. The molecule has 2 N–H and O–H groups in total. The van der Waals surface area contributed by atoms with E-state index in [-0.39, 0.29) is 12.8 Å². The minimum absolute atomic E-state index is 0.0357. The SMILES string of the molecule is CC.CNC(=O)C(NC(C)=O)C(C)OCC1(C(F)(F)F)CC1. The van der Waals surface area contributed by atoms with Crippen LogP contribution in [-0.2, 0) is 14.3 Å². The molecule has 0 bridgehead atoms. The molecule has 0 heterocycles. The molecule has 2 amide bonds. The lowest BCUT2D eigenvalue weighted by atomic mass is 10.1. The molecule has 0 aromatic heterocycles. The van der Waals surface area contributed by atoms with E-state index in [1.165, 1.54) is 20.9 Å². The average molecular weight is 326 g/mol. The summed E-state index contributed by atoms with van der Waals surface area (Å²) in [5.74, 6) is -0.962. The normalized spacial score (nSPS) is 18.4. The van der Waals surface area contributed by atoms with Crippen molar-refractivity contribution < 1.29 is 27.5 Å². The maximum Gasteiger partial charge on any atom is 0.396 e. The van der Waals surface area contributed by atoms with E-state index in [4.69, 9.17) is 4.74 Å². The summed E-state index contributed by atoms with van der Waals surface area (Å²) in [6.07, 6.45) is -5.08. The first-order valence-corrected chi connectivity index (χ1v) is 7.30. The van der Waals surface area contributed by atoms with Gasteiger partial charge in [0.15, 0.2) is 0 Å². The van der Waals surface area contributed by atoms with Crippen molar-refractivity contribution in [2.24, 2.45) is 5.41 Å². The van der Waals surface area contributed by atoms with E-state index in [1.54, 1.807) is 0 Å². The molecule has 0 saturated heterocycles. The summed E-state index contributed by atoms with van der Waals surface area (Å²) in [7, 11) is 1.38. The van der Waals surface area contributed by atoms with Crippen LogP contribution < -0.4 is 10.6 Å². The van der Waals surface area contributed by atoms with Crippen molar-refractivity contribution >= 4 is 11.8 Å². The van der Waals surface area contributed by atoms with Gasteiger partial charge in [0, 0.05) is 14.0 Å². The highest BCUT2D eigenvalue weighted by molar-refractivity contribution is 5.87. The molecule has 1 aliphatic rings. The largest absolute Gasteiger partial charge is 0.396 e. The highest BCUT2D eigenvalue weighted by atomic mass is 19.4. The van der Waals surface area contributed by atoms with Gasteiger partial charge >= 0.3 is 6.18 Å². The molecule has 2 atom stereocenters. The van der Waals surface area contributed by atoms with E-state index in [1.807, 2.05) is 13.8 Å². The third-order valence-corrected chi connectivity index (χ3v) is 3.43. The van der Waals surface area contributed by atoms with Crippen LogP contribution in [0.4, 0.5) is 13.2 Å². The van der Waals surface area contributed by atoms with Crippen LogP contribution >= 0.6 is 0 Å². The Kier molecular flexibility index (Phi) is 7.86. The Morgan fingerprint density at radius 1 is 1.27 bits per heavy atom. The summed E-state index contributed by atoms with van der Waals surface area (Å²) in [5, 5.41) is 4.71. The highest BCUT2D eigenvalue weighted by Gasteiger charge is 2.63. The van der Waals surface area contributed by atoms with Crippen molar-refractivity contribution in [1.29, 1.82) is 0 Å². The first-order valence-electron chi connectivity index (χ1n) is 7.30. The van der Waals surface area contributed by atoms with Gasteiger partial charge in [-0.05, 0) is 19.8 Å². The van der Waals surface area contributed by atoms with Crippen molar-refractivity contribution in [1.82, 2.24) is 10.6 Å².